The molecule has 0 atom stereocenters. The lowest BCUT2D eigenvalue weighted by atomic mass is 10.1. The molecule has 0 aliphatic heterocycles. The van der Waals surface area contributed by atoms with Crippen LogP contribution in [0.4, 0.5) is 11.4 Å². The number of nitro groups is 1. The molecule has 7 heteroatoms. The maximum atomic E-state index is 12.4. The Labute approximate surface area is 146 Å². The van der Waals surface area contributed by atoms with Gasteiger partial charge in [-0.2, -0.15) is 0 Å². The molecular formula is C18H21N3O4. The van der Waals surface area contributed by atoms with Crippen LogP contribution in [0.2, 0.25) is 0 Å². The van der Waals surface area contributed by atoms with E-state index in [0.717, 1.165) is 11.3 Å². The molecule has 0 aliphatic carbocycles. The number of nitrogens with zero attached hydrogens (tertiary/aromatic N) is 2. The zero-order valence-electron chi connectivity index (χ0n) is 14.3. The number of aryl methyl sites for hydroxylation is 1. The van der Waals surface area contributed by atoms with Crippen molar-refractivity contribution in [2.24, 2.45) is 0 Å². The average Bonchev–Trinajstić information content (AvgIpc) is 2.59. The van der Waals surface area contributed by atoms with Crippen LogP contribution in [0.15, 0.2) is 42.5 Å². The molecule has 0 bridgehead atoms. The van der Waals surface area contributed by atoms with E-state index in [1.807, 2.05) is 31.2 Å². The zero-order chi connectivity index (χ0) is 18.4. The summed E-state index contributed by atoms with van der Waals surface area (Å²) in [5.41, 5.74) is 6.62. The fourth-order valence-corrected chi connectivity index (χ4v) is 2.36. The first kappa shape index (κ1) is 18.3. The number of carbonyl (C=O) groups excluding carboxylic acids is 1. The number of hydrogen-bond acceptors (Lipinski definition) is 5. The number of para-hydroxylation sites is 1. The Balaban J connectivity index is 1.89. The number of nitrogen functional groups attached to an aromatic ring is 1. The molecule has 132 valence electrons. The number of benzene rings is 2. The Bertz CT molecular complexity index is 777. The number of nitrogens with two attached hydrogens (primary N) is 1. The van der Waals surface area contributed by atoms with E-state index in [1.54, 1.807) is 7.05 Å². The van der Waals surface area contributed by atoms with Gasteiger partial charge >= 0.3 is 0 Å². The van der Waals surface area contributed by atoms with Gasteiger partial charge in [-0.05, 0) is 37.1 Å². The lowest BCUT2D eigenvalue weighted by molar-refractivity contribution is -0.383. The Morgan fingerprint density at radius 2 is 2.00 bits per heavy atom. The summed E-state index contributed by atoms with van der Waals surface area (Å²) in [7, 11) is 1.65. The lowest BCUT2D eigenvalue weighted by Gasteiger charge is -2.17. The Morgan fingerprint density at radius 1 is 1.28 bits per heavy atom. The third-order valence-electron chi connectivity index (χ3n) is 3.81. The maximum absolute atomic E-state index is 12.4. The van der Waals surface area contributed by atoms with Crippen molar-refractivity contribution < 1.29 is 14.5 Å². The molecule has 2 N–H and O–H groups in total. The highest BCUT2D eigenvalue weighted by atomic mass is 16.6. The summed E-state index contributed by atoms with van der Waals surface area (Å²) >= 11 is 0. The molecule has 0 spiro atoms. The van der Waals surface area contributed by atoms with Crippen LogP contribution in [-0.4, -0.2) is 35.9 Å². The van der Waals surface area contributed by atoms with Gasteiger partial charge in [-0.15, -0.1) is 0 Å². The SMILES string of the molecule is Cc1ccccc1OCCCN(C)C(=O)c1ccc(N)c([N+](=O)[O-])c1. The molecule has 0 fully saturated rings. The molecule has 25 heavy (non-hydrogen) atoms. The van der Waals surface area contributed by atoms with E-state index in [2.05, 4.69) is 0 Å². The molecule has 2 aromatic rings. The summed E-state index contributed by atoms with van der Waals surface area (Å²) in [5, 5.41) is 10.9. The van der Waals surface area contributed by atoms with Gasteiger partial charge in [0.1, 0.15) is 11.4 Å². The predicted octanol–water partition coefficient (Wildman–Crippen LogP) is 3.03. The zero-order valence-corrected chi connectivity index (χ0v) is 14.3. The molecule has 1 amide bonds. The fraction of sp³-hybridized carbons (Fsp3) is 0.278. The number of amides is 1. The number of carbonyl (C=O) groups is 1. The van der Waals surface area contributed by atoms with Crippen molar-refractivity contribution in [2.75, 3.05) is 25.9 Å². The molecular weight excluding hydrogens is 322 g/mol. The monoisotopic (exact) mass is 343 g/mol. The number of nitro benzene ring substituents is 1. The summed E-state index contributed by atoms with van der Waals surface area (Å²) in [6, 6.07) is 11.8. The van der Waals surface area contributed by atoms with Crippen molar-refractivity contribution >= 4 is 17.3 Å². The first-order valence-corrected chi connectivity index (χ1v) is 7.88. The van der Waals surface area contributed by atoms with Crippen molar-refractivity contribution in [1.82, 2.24) is 4.90 Å². The van der Waals surface area contributed by atoms with Crippen molar-refractivity contribution in [1.29, 1.82) is 0 Å². The largest absolute Gasteiger partial charge is 0.493 e. The van der Waals surface area contributed by atoms with E-state index >= 15 is 0 Å². The van der Waals surface area contributed by atoms with E-state index in [1.165, 1.54) is 23.1 Å². The number of anilines is 1. The highest BCUT2D eigenvalue weighted by molar-refractivity contribution is 5.95. The first-order chi connectivity index (χ1) is 11.9. The molecule has 0 heterocycles. The molecule has 2 rings (SSSR count). The topological polar surface area (TPSA) is 98.7 Å². The average molecular weight is 343 g/mol. The van der Waals surface area contributed by atoms with Gasteiger partial charge < -0.3 is 15.4 Å². The van der Waals surface area contributed by atoms with Crippen molar-refractivity contribution in [3.63, 3.8) is 0 Å². The van der Waals surface area contributed by atoms with Gasteiger partial charge in [0.25, 0.3) is 11.6 Å². The van der Waals surface area contributed by atoms with E-state index in [-0.39, 0.29) is 22.8 Å². The molecule has 0 saturated carbocycles. The second kappa shape index (κ2) is 8.14. The third-order valence-corrected chi connectivity index (χ3v) is 3.81. The molecule has 0 unspecified atom stereocenters. The van der Waals surface area contributed by atoms with Crippen LogP contribution >= 0.6 is 0 Å². The fourth-order valence-electron chi connectivity index (χ4n) is 2.36. The molecule has 0 aromatic heterocycles. The lowest BCUT2D eigenvalue weighted by Crippen LogP contribution is -2.28. The van der Waals surface area contributed by atoms with Gasteiger partial charge in [-0.1, -0.05) is 18.2 Å². The minimum Gasteiger partial charge on any atom is -0.493 e. The van der Waals surface area contributed by atoms with Crippen LogP contribution in [0.1, 0.15) is 22.3 Å². The van der Waals surface area contributed by atoms with Gasteiger partial charge in [0.2, 0.25) is 0 Å². The van der Waals surface area contributed by atoms with E-state index in [9.17, 15) is 14.9 Å². The number of hydrogen-bond donors (Lipinski definition) is 1. The minimum atomic E-state index is -0.595. The van der Waals surface area contributed by atoms with Crippen molar-refractivity contribution in [3.8, 4) is 5.75 Å². The Morgan fingerprint density at radius 3 is 2.68 bits per heavy atom. The van der Waals surface area contributed by atoms with Gasteiger partial charge in [-0.3, -0.25) is 14.9 Å². The highest BCUT2D eigenvalue weighted by Gasteiger charge is 2.18. The quantitative estimate of drug-likeness (QED) is 0.360. The minimum absolute atomic E-state index is 0.0378. The molecule has 7 nitrogen and oxygen atoms in total. The summed E-state index contributed by atoms with van der Waals surface area (Å²) in [5.74, 6) is 0.532. The van der Waals surface area contributed by atoms with Crippen LogP contribution in [0.5, 0.6) is 5.75 Å². The predicted molar refractivity (Wildman–Crippen MR) is 95.8 cm³/mol. The van der Waals surface area contributed by atoms with Crippen LogP contribution in [0.3, 0.4) is 0 Å². The molecule has 0 aliphatic rings. The van der Waals surface area contributed by atoms with Crippen LogP contribution in [0.25, 0.3) is 0 Å². The number of rotatable bonds is 7. The normalized spacial score (nSPS) is 10.3. The highest BCUT2D eigenvalue weighted by Crippen LogP contribution is 2.23. The summed E-state index contributed by atoms with van der Waals surface area (Å²) in [6.45, 7) is 2.92. The molecule has 2 aromatic carbocycles. The van der Waals surface area contributed by atoms with Crippen LogP contribution in [-0.2, 0) is 0 Å². The van der Waals surface area contributed by atoms with Crippen molar-refractivity contribution in [3.05, 3.63) is 63.7 Å². The van der Waals surface area contributed by atoms with Gasteiger partial charge in [0, 0.05) is 25.2 Å². The van der Waals surface area contributed by atoms with Crippen LogP contribution < -0.4 is 10.5 Å². The second-order valence-electron chi connectivity index (χ2n) is 5.72. The molecule has 0 radical (unpaired) electrons. The van der Waals surface area contributed by atoms with E-state index in [0.29, 0.717) is 19.6 Å². The van der Waals surface area contributed by atoms with Crippen LogP contribution in [0, 0.1) is 17.0 Å². The van der Waals surface area contributed by atoms with Crippen molar-refractivity contribution in [2.45, 2.75) is 13.3 Å². The Hall–Kier alpha value is -3.09. The van der Waals surface area contributed by atoms with E-state index < -0.39 is 4.92 Å². The number of ether oxygens (including phenoxy) is 1. The summed E-state index contributed by atoms with van der Waals surface area (Å²) < 4.78 is 5.70. The Kier molecular flexibility index (Phi) is 5.94. The third kappa shape index (κ3) is 4.69. The molecule has 0 saturated heterocycles. The van der Waals surface area contributed by atoms with Gasteiger partial charge in [0.15, 0.2) is 0 Å². The maximum Gasteiger partial charge on any atom is 0.292 e. The summed E-state index contributed by atoms with van der Waals surface area (Å²) in [4.78, 5) is 24.2. The summed E-state index contributed by atoms with van der Waals surface area (Å²) in [6.07, 6.45) is 0.646. The first-order valence-electron chi connectivity index (χ1n) is 7.88. The van der Waals surface area contributed by atoms with Gasteiger partial charge in [-0.25, -0.2) is 0 Å². The van der Waals surface area contributed by atoms with E-state index in [4.69, 9.17) is 10.5 Å². The van der Waals surface area contributed by atoms with Gasteiger partial charge in [0.05, 0.1) is 11.5 Å². The standard InChI is InChI=1S/C18H21N3O4/c1-13-6-3-4-7-17(13)25-11-5-10-20(2)18(22)14-8-9-15(19)16(12-14)21(23)24/h3-4,6-9,12H,5,10-11,19H2,1-2H3. The smallest absolute Gasteiger partial charge is 0.292 e. The second-order valence-corrected chi connectivity index (χ2v) is 5.72.